The van der Waals surface area contributed by atoms with Crippen molar-refractivity contribution in [3.63, 3.8) is 0 Å². The van der Waals surface area contributed by atoms with Gasteiger partial charge in [-0.3, -0.25) is 9.59 Å². The van der Waals surface area contributed by atoms with Crippen molar-refractivity contribution in [2.24, 2.45) is 5.92 Å². The molecule has 2 aromatic carbocycles. The average Bonchev–Trinajstić information content (AvgIpc) is 3.48. The number of thiophene rings is 1. The van der Waals surface area contributed by atoms with Crippen LogP contribution in [0.15, 0.2) is 60.0 Å². The Kier molecular flexibility index (Phi) is 6.00. The molecule has 3 heterocycles. The van der Waals surface area contributed by atoms with E-state index >= 15 is 0 Å². The molecule has 0 spiro atoms. The number of aromatic nitrogens is 1. The van der Waals surface area contributed by atoms with E-state index in [0.29, 0.717) is 18.0 Å². The first-order chi connectivity index (χ1) is 16.0. The van der Waals surface area contributed by atoms with Gasteiger partial charge in [-0.2, -0.15) is 0 Å². The number of hydrogen-bond acceptors (Lipinski definition) is 5. The lowest BCUT2D eigenvalue weighted by molar-refractivity contribution is -0.125. The molecule has 1 fully saturated rings. The van der Waals surface area contributed by atoms with E-state index in [1.807, 2.05) is 59.7 Å². The van der Waals surface area contributed by atoms with Crippen molar-refractivity contribution < 1.29 is 9.59 Å². The summed E-state index contributed by atoms with van der Waals surface area (Å²) in [6.45, 7) is 4.15. The molecule has 0 saturated carbocycles. The number of piperidine rings is 1. The van der Waals surface area contributed by atoms with Crippen molar-refractivity contribution >= 4 is 55.5 Å². The van der Waals surface area contributed by atoms with Crippen LogP contribution in [0.3, 0.4) is 0 Å². The molecule has 4 aromatic rings. The maximum absolute atomic E-state index is 13.5. The molecule has 0 unspecified atom stereocenters. The summed E-state index contributed by atoms with van der Waals surface area (Å²) in [5.41, 5.74) is 4.10. The fraction of sp³-hybridized carbons (Fsp3) is 0.269. The third kappa shape index (κ3) is 4.30. The molecule has 2 atom stereocenters. The maximum atomic E-state index is 13.5. The second-order valence-electron chi connectivity index (χ2n) is 8.37. The van der Waals surface area contributed by atoms with E-state index < -0.39 is 0 Å². The van der Waals surface area contributed by atoms with Gasteiger partial charge in [-0.15, -0.1) is 11.3 Å². The Balaban J connectivity index is 1.47. The quantitative estimate of drug-likeness (QED) is 0.366. The first-order valence-corrected chi connectivity index (χ1v) is 12.9. The van der Waals surface area contributed by atoms with E-state index in [0.717, 1.165) is 32.8 Å². The van der Waals surface area contributed by atoms with Gasteiger partial charge in [-0.05, 0) is 61.0 Å². The van der Waals surface area contributed by atoms with Gasteiger partial charge in [0.1, 0.15) is 0 Å². The molecule has 5 nitrogen and oxygen atoms in total. The number of fused-ring (bicyclic) bond motifs is 1. The summed E-state index contributed by atoms with van der Waals surface area (Å²) >= 11 is 3.08. The number of nitrogens with zero attached hydrogens (tertiary/aromatic N) is 2. The lowest BCUT2D eigenvalue weighted by Crippen LogP contribution is -2.46. The third-order valence-corrected chi connectivity index (χ3v) is 8.05. The molecule has 2 aromatic heterocycles. The molecule has 1 saturated heterocycles. The number of rotatable bonds is 5. The normalized spacial score (nSPS) is 18.6. The molecule has 7 heteroatoms. The number of aryl methyl sites for hydroxylation is 2. The molecule has 2 amide bonds. The molecule has 0 radical (unpaired) electrons. The van der Waals surface area contributed by atoms with Gasteiger partial charge in [0, 0.05) is 17.0 Å². The third-order valence-electron chi connectivity index (χ3n) is 6.17. The van der Waals surface area contributed by atoms with Crippen LogP contribution < -0.4 is 10.2 Å². The van der Waals surface area contributed by atoms with Gasteiger partial charge >= 0.3 is 0 Å². The highest BCUT2D eigenvalue weighted by molar-refractivity contribution is 7.22. The smallest absolute Gasteiger partial charge is 0.231 e. The maximum Gasteiger partial charge on any atom is 0.231 e. The highest BCUT2D eigenvalue weighted by Crippen LogP contribution is 2.42. The van der Waals surface area contributed by atoms with Crippen molar-refractivity contribution in [3.05, 3.63) is 76.0 Å². The Hall–Kier alpha value is -3.03. The fourth-order valence-electron chi connectivity index (χ4n) is 4.40. The van der Waals surface area contributed by atoms with Crippen molar-refractivity contribution in [1.82, 2.24) is 4.98 Å². The summed E-state index contributed by atoms with van der Waals surface area (Å²) in [6.07, 6.45) is 1.82. The number of carbonyl (C=O) groups excluding carboxylic acids is 2. The second kappa shape index (κ2) is 9.08. The summed E-state index contributed by atoms with van der Waals surface area (Å²) in [4.78, 5) is 34.1. The van der Waals surface area contributed by atoms with E-state index in [9.17, 15) is 9.59 Å². The molecule has 0 bridgehead atoms. The number of amides is 2. The molecule has 1 N–H and O–H groups in total. The highest BCUT2D eigenvalue weighted by Gasteiger charge is 2.42. The van der Waals surface area contributed by atoms with E-state index in [1.165, 1.54) is 16.9 Å². The second-order valence-corrected chi connectivity index (χ2v) is 10.4. The van der Waals surface area contributed by atoms with Gasteiger partial charge in [0.2, 0.25) is 11.8 Å². The Morgan fingerprint density at radius 1 is 1.18 bits per heavy atom. The van der Waals surface area contributed by atoms with E-state index in [2.05, 4.69) is 29.4 Å². The molecule has 0 aliphatic carbocycles. The molecule has 33 heavy (non-hydrogen) atoms. The minimum Gasteiger partial charge on any atom is -0.303 e. The monoisotopic (exact) mass is 475 g/mol. The standard InChI is InChI=1S/C26H25N3O2S2/c1-3-17-8-12-20-22(15-17)33-26(27-20)28-25(31)19-11-13-23(30)29(18-9-6-16(2)7-10-18)24(19)21-5-4-14-32-21/h4-10,12,14-15,19,24H,3,11,13H2,1-2H3,(H,27,28,31)/t19-,24-/m0/s1. The topological polar surface area (TPSA) is 62.3 Å². The zero-order chi connectivity index (χ0) is 22.9. The van der Waals surface area contributed by atoms with Gasteiger partial charge in [0.25, 0.3) is 0 Å². The van der Waals surface area contributed by atoms with Crippen LogP contribution in [0, 0.1) is 12.8 Å². The average molecular weight is 476 g/mol. The molecular formula is C26H25N3O2S2. The number of thiazole rings is 1. The molecule has 1 aliphatic heterocycles. The summed E-state index contributed by atoms with van der Waals surface area (Å²) in [7, 11) is 0. The van der Waals surface area contributed by atoms with Crippen LogP contribution in [-0.2, 0) is 16.0 Å². The summed E-state index contributed by atoms with van der Waals surface area (Å²) in [6, 6.07) is 17.8. The van der Waals surface area contributed by atoms with Gasteiger partial charge in [-0.25, -0.2) is 4.98 Å². The number of anilines is 2. The SMILES string of the molecule is CCc1ccc2nc(NC(=O)[C@H]3CCC(=O)N(c4ccc(C)cc4)[C@@H]3c3cccs3)sc2c1. The first-order valence-electron chi connectivity index (χ1n) is 11.2. The highest BCUT2D eigenvalue weighted by atomic mass is 32.1. The predicted octanol–water partition coefficient (Wildman–Crippen LogP) is 6.35. The van der Waals surface area contributed by atoms with E-state index in [-0.39, 0.29) is 23.8 Å². The Bertz CT molecular complexity index is 1300. The van der Waals surface area contributed by atoms with Gasteiger partial charge in [0.05, 0.1) is 22.2 Å². The van der Waals surface area contributed by atoms with Crippen molar-refractivity contribution in [2.45, 2.75) is 39.2 Å². The number of hydrogen-bond donors (Lipinski definition) is 1. The largest absolute Gasteiger partial charge is 0.303 e. The van der Waals surface area contributed by atoms with Crippen LogP contribution in [0.4, 0.5) is 10.8 Å². The van der Waals surface area contributed by atoms with Gasteiger partial charge < -0.3 is 10.2 Å². The summed E-state index contributed by atoms with van der Waals surface area (Å²) < 4.78 is 1.07. The number of carbonyl (C=O) groups is 2. The van der Waals surface area contributed by atoms with E-state index in [1.54, 1.807) is 11.3 Å². The van der Waals surface area contributed by atoms with Crippen LogP contribution in [0.1, 0.15) is 41.8 Å². The van der Waals surface area contributed by atoms with Crippen molar-refractivity contribution in [2.75, 3.05) is 10.2 Å². The van der Waals surface area contributed by atoms with Crippen LogP contribution in [0.2, 0.25) is 0 Å². The van der Waals surface area contributed by atoms with Crippen LogP contribution in [0.5, 0.6) is 0 Å². The minimum atomic E-state index is -0.360. The molecular weight excluding hydrogens is 450 g/mol. The zero-order valence-electron chi connectivity index (χ0n) is 18.6. The molecule has 168 valence electrons. The van der Waals surface area contributed by atoms with Gasteiger partial charge in [0.15, 0.2) is 5.13 Å². The van der Waals surface area contributed by atoms with Crippen LogP contribution in [0.25, 0.3) is 10.2 Å². The lowest BCUT2D eigenvalue weighted by Gasteiger charge is -2.40. The first kappa shape index (κ1) is 21.8. The Morgan fingerprint density at radius 2 is 2.00 bits per heavy atom. The van der Waals surface area contributed by atoms with Crippen LogP contribution in [-0.4, -0.2) is 16.8 Å². The Morgan fingerprint density at radius 3 is 2.73 bits per heavy atom. The number of nitrogens with one attached hydrogen (secondary N) is 1. The minimum absolute atomic E-state index is 0.0494. The predicted molar refractivity (Wildman–Crippen MR) is 136 cm³/mol. The zero-order valence-corrected chi connectivity index (χ0v) is 20.2. The fourth-order valence-corrected chi connectivity index (χ4v) is 6.22. The number of benzene rings is 2. The van der Waals surface area contributed by atoms with Gasteiger partial charge in [-0.1, -0.05) is 48.1 Å². The molecule has 5 rings (SSSR count). The van der Waals surface area contributed by atoms with E-state index in [4.69, 9.17) is 0 Å². The van der Waals surface area contributed by atoms with Crippen LogP contribution >= 0.6 is 22.7 Å². The molecule has 1 aliphatic rings. The van der Waals surface area contributed by atoms with Crippen molar-refractivity contribution in [1.29, 1.82) is 0 Å². The lowest BCUT2D eigenvalue weighted by atomic mass is 9.86. The van der Waals surface area contributed by atoms with Crippen molar-refractivity contribution in [3.8, 4) is 0 Å². The summed E-state index contributed by atoms with van der Waals surface area (Å²) in [5.74, 6) is -0.401. The Labute approximate surface area is 201 Å². The summed E-state index contributed by atoms with van der Waals surface area (Å²) in [5, 5.41) is 5.66.